The van der Waals surface area contributed by atoms with E-state index in [0.717, 1.165) is 18.4 Å². The first-order valence-electron chi connectivity index (χ1n) is 9.88. The molecule has 0 saturated carbocycles. The molecule has 1 aliphatic rings. The summed E-state index contributed by atoms with van der Waals surface area (Å²) in [4.78, 5) is 28.0. The zero-order valence-electron chi connectivity index (χ0n) is 16.2. The molecule has 7 heteroatoms. The summed E-state index contributed by atoms with van der Waals surface area (Å²) >= 11 is 1.42. The molecule has 1 unspecified atom stereocenters. The van der Waals surface area contributed by atoms with Crippen molar-refractivity contribution in [1.82, 2.24) is 20.0 Å². The van der Waals surface area contributed by atoms with Gasteiger partial charge in [0.25, 0.3) is 5.91 Å². The lowest BCUT2D eigenvalue weighted by Crippen LogP contribution is -2.51. The van der Waals surface area contributed by atoms with Gasteiger partial charge in [-0.25, -0.2) is 0 Å². The largest absolute Gasteiger partial charge is 0.350 e. The van der Waals surface area contributed by atoms with E-state index in [1.165, 1.54) is 16.9 Å². The SMILES string of the molecule is O=C(NCc1cnn(Cc2ccccc2)c1)C1CCCCN1C(=O)c1cccs1. The molecule has 0 radical (unpaired) electrons. The average molecular weight is 409 g/mol. The van der Waals surface area contributed by atoms with E-state index in [9.17, 15) is 9.59 Å². The molecular formula is C22H24N4O2S. The molecule has 1 aliphatic heterocycles. The number of hydrogen-bond acceptors (Lipinski definition) is 4. The van der Waals surface area contributed by atoms with E-state index >= 15 is 0 Å². The summed E-state index contributed by atoms with van der Waals surface area (Å²) in [7, 11) is 0. The fourth-order valence-electron chi connectivity index (χ4n) is 3.65. The van der Waals surface area contributed by atoms with Crippen LogP contribution in [0, 0.1) is 0 Å². The molecule has 1 aromatic carbocycles. The molecule has 1 saturated heterocycles. The molecule has 1 N–H and O–H groups in total. The van der Waals surface area contributed by atoms with Gasteiger partial charge in [-0.2, -0.15) is 5.10 Å². The van der Waals surface area contributed by atoms with Gasteiger partial charge in [-0.1, -0.05) is 36.4 Å². The van der Waals surface area contributed by atoms with Crippen molar-refractivity contribution < 1.29 is 9.59 Å². The number of aromatic nitrogens is 2. The van der Waals surface area contributed by atoms with Crippen LogP contribution in [0.3, 0.4) is 0 Å². The summed E-state index contributed by atoms with van der Waals surface area (Å²) in [5.74, 6) is -0.138. The molecule has 0 bridgehead atoms. The van der Waals surface area contributed by atoms with E-state index in [2.05, 4.69) is 22.5 Å². The Morgan fingerprint density at radius 3 is 2.76 bits per heavy atom. The minimum Gasteiger partial charge on any atom is -0.350 e. The van der Waals surface area contributed by atoms with Crippen LogP contribution in [0.1, 0.15) is 40.1 Å². The Morgan fingerprint density at radius 2 is 1.97 bits per heavy atom. The Labute approximate surface area is 174 Å². The maximum atomic E-state index is 12.8. The summed E-state index contributed by atoms with van der Waals surface area (Å²) in [5.41, 5.74) is 2.12. The Balaban J connectivity index is 1.35. The van der Waals surface area contributed by atoms with Crippen LogP contribution >= 0.6 is 11.3 Å². The van der Waals surface area contributed by atoms with Crippen LogP contribution in [0.2, 0.25) is 0 Å². The number of nitrogens with one attached hydrogen (secondary N) is 1. The standard InChI is InChI=1S/C22H24N4O2S/c27-21(19-9-4-5-11-26(19)22(28)20-10-6-12-29-20)23-13-18-14-24-25(16-18)15-17-7-2-1-3-8-17/h1-3,6-8,10,12,14,16,19H,4-5,9,11,13,15H2,(H,23,27). The second kappa shape index (κ2) is 9.05. The van der Waals surface area contributed by atoms with Gasteiger partial charge >= 0.3 is 0 Å². The van der Waals surface area contributed by atoms with E-state index < -0.39 is 6.04 Å². The van der Waals surface area contributed by atoms with Gasteiger partial charge in [-0.3, -0.25) is 14.3 Å². The van der Waals surface area contributed by atoms with Crippen molar-refractivity contribution in [3.63, 3.8) is 0 Å². The normalized spacial score (nSPS) is 16.6. The number of carbonyl (C=O) groups is 2. The second-order valence-corrected chi connectivity index (χ2v) is 8.18. The highest BCUT2D eigenvalue weighted by Gasteiger charge is 2.32. The molecule has 29 heavy (non-hydrogen) atoms. The van der Waals surface area contributed by atoms with Crippen molar-refractivity contribution in [1.29, 1.82) is 0 Å². The molecule has 6 nitrogen and oxygen atoms in total. The Morgan fingerprint density at radius 1 is 1.10 bits per heavy atom. The number of piperidine rings is 1. The fraction of sp³-hybridized carbons (Fsp3) is 0.318. The van der Waals surface area contributed by atoms with Gasteiger partial charge in [0.05, 0.1) is 17.6 Å². The van der Waals surface area contributed by atoms with Crippen LogP contribution in [-0.4, -0.2) is 39.1 Å². The molecule has 3 heterocycles. The predicted molar refractivity (Wildman–Crippen MR) is 113 cm³/mol. The van der Waals surface area contributed by atoms with E-state index in [4.69, 9.17) is 0 Å². The molecule has 1 atom stereocenters. The lowest BCUT2D eigenvalue weighted by molar-refractivity contribution is -0.126. The van der Waals surface area contributed by atoms with Crippen molar-refractivity contribution in [3.8, 4) is 0 Å². The van der Waals surface area contributed by atoms with Crippen molar-refractivity contribution in [2.45, 2.75) is 38.4 Å². The van der Waals surface area contributed by atoms with Crippen LogP contribution in [-0.2, 0) is 17.9 Å². The van der Waals surface area contributed by atoms with Crippen LogP contribution in [0.4, 0.5) is 0 Å². The highest BCUT2D eigenvalue weighted by Crippen LogP contribution is 2.22. The molecule has 2 aromatic heterocycles. The van der Waals surface area contributed by atoms with E-state index in [-0.39, 0.29) is 11.8 Å². The second-order valence-electron chi connectivity index (χ2n) is 7.24. The van der Waals surface area contributed by atoms with Crippen molar-refractivity contribution in [3.05, 3.63) is 76.2 Å². The summed E-state index contributed by atoms with van der Waals surface area (Å²) in [5, 5.41) is 9.26. The van der Waals surface area contributed by atoms with Gasteiger partial charge in [0, 0.05) is 24.8 Å². The van der Waals surface area contributed by atoms with Crippen LogP contribution in [0.5, 0.6) is 0 Å². The lowest BCUT2D eigenvalue weighted by Gasteiger charge is -2.34. The van der Waals surface area contributed by atoms with Crippen molar-refractivity contribution in [2.75, 3.05) is 6.54 Å². The number of likely N-dealkylation sites (tertiary alicyclic amines) is 1. The first kappa shape index (κ1) is 19.4. The first-order chi connectivity index (χ1) is 14.2. The predicted octanol–water partition coefficient (Wildman–Crippen LogP) is 3.30. The number of thiophene rings is 1. The van der Waals surface area contributed by atoms with Crippen molar-refractivity contribution in [2.24, 2.45) is 0 Å². The topological polar surface area (TPSA) is 67.2 Å². The van der Waals surface area contributed by atoms with E-state index in [1.807, 2.05) is 46.6 Å². The molecule has 3 aromatic rings. The number of nitrogens with zero attached hydrogens (tertiary/aromatic N) is 3. The zero-order chi connectivity index (χ0) is 20.1. The number of rotatable bonds is 6. The molecule has 1 fully saturated rings. The van der Waals surface area contributed by atoms with Gasteiger partial charge in [-0.15, -0.1) is 11.3 Å². The van der Waals surface area contributed by atoms with E-state index in [1.54, 1.807) is 11.1 Å². The highest BCUT2D eigenvalue weighted by molar-refractivity contribution is 7.12. The number of hydrogen-bond donors (Lipinski definition) is 1. The number of benzene rings is 1. The lowest BCUT2D eigenvalue weighted by atomic mass is 10.0. The van der Waals surface area contributed by atoms with Crippen molar-refractivity contribution >= 4 is 23.2 Å². The maximum Gasteiger partial charge on any atom is 0.264 e. The molecule has 0 aliphatic carbocycles. The summed E-state index contributed by atoms with van der Waals surface area (Å²) in [6.45, 7) is 1.73. The quantitative estimate of drug-likeness (QED) is 0.681. The number of amides is 2. The first-order valence-corrected chi connectivity index (χ1v) is 10.8. The van der Waals surface area contributed by atoms with Gasteiger partial charge in [0.1, 0.15) is 6.04 Å². The Bertz CT molecular complexity index is 952. The molecule has 4 rings (SSSR count). The summed E-state index contributed by atoms with van der Waals surface area (Å²) in [6, 6.07) is 13.4. The fourth-order valence-corrected chi connectivity index (χ4v) is 4.33. The van der Waals surface area contributed by atoms with Gasteiger partial charge in [0.15, 0.2) is 0 Å². The van der Waals surface area contributed by atoms with Crippen LogP contribution in [0.15, 0.2) is 60.2 Å². The zero-order valence-corrected chi connectivity index (χ0v) is 17.0. The van der Waals surface area contributed by atoms with Gasteiger partial charge in [-0.05, 0) is 36.3 Å². The third kappa shape index (κ3) is 4.74. The molecular weight excluding hydrogens is 384 g/mol. The molecule has 0 spiro atoms. The minimum absolute atomic E-state index is 0.0458. The smallest absolute Gasteiger partial charge is 0.264 e. The maximum absolute atomic E-state index is 12.8. The average Bonchev–Trinajstić information content (AvgIpc) is 3.45. The van der Waals surface area contributed by atoms with Gasteiger partial charge < -0.3 is 10.2 Å². The Hall–Kier alpha value is -2.93. The molecule has 150 valence electrons. The minimum atomic E-state index is -0.405. The van der Waals surface area contributed by atoms with Crippen LogP contribution in [0.25, 0.3) is 0 Å². The monoisotopic (exact) mass is 408 g/mol. The highest BCUT2D eigenvalue weighted by atomic mass is 32.1. The number of carbonyl (C=O) groups excluding carboxylic acids is 2. The molecule has 2 amide bonds. The van der Waals surface area contributed by atoms with E-state index in [0.29, 0.717) is 30.9 Å². The van der Waals surface area contributed by atoms with Crippen LogP contribution < -0.4 is 5.32 Å². The van der Waals surface area contributed by atoms with Gasteiger partial charge in [0.2, 0.25) is 5.91 Å². The summed E-state index contributed by atoms with van der Waals surface area (Å²) < 4.78 is 1.87. The summed E-state index contributed by atoms with van der Waals surface area (Å²) in [6.07, 6.45) is 6.33. The third-order valence-electron chi connectivity index (χ3n) is 5.14. The Kier molecular flexibility index (Phi) is 6.05. The third-order valence-corrected chi connectivity index (χ3v) is 6.00.